The van der Waals surface area contributed by atoms with Gasteiger partial charge in [0, 0.05) is 19.2 Å². The van der Waals surface area contributed by atoms with E-state index in [0.29, 0.717) is 48.0 Å². The van der Waals surface area contributed by atoms with Crippen LogP contribution in [0.3, 0.4) is 0 Å². The number of ether oxygens (including phenoxy) is 1. The summed E-state index contributed by atoms with van der Waals surface area (Å²) in [5.74, 6) is 0.446. The number of hydrogen-bond acceptors (Lipinski definition) is 8. The summed E-state index contributed by atoms with van der Waals surface area (Å²) in [6, 6.07) is 10.0. The first kappa shape index (κ1) is 19.6. The molecule has 0 unspecified atom stereocenters. The highest BCUT2D eigenvalue weighted by molar-refractivity contribution is 8.26. The zero-order valence-corrected chi connectivity index (χ0v) is 17.4. The van der Waals surface area contributed by atoms with Crippen molar-refractivity contribution in [1.29, 1.82) is 5.26 Å². The first-order chi connectivity index (χ1) is 14.0. The molecule has 0 aliphatic carbocycles. The van der Waals surface area contributed by atoms with E-state index >= 15 is 0 Å². The van der Waals surface area contributed by atoms with Gasteiger partial charge < -0.3 is 14.1 Å². The van der Waals surface area contributed by atoms with Crippen molar-refractivity contribution in [3.63, 3.8) is 0 Å². The summed E-state index contributed by atoms with van der Waals surface area (Å²) in [5, 5.41) is 9.39. The minimum absolute atomic E-state index is 0.190. The lowest BCUT2D eigenvalue weighted by atomic mass is 10.1. The van der Waals surface area contributed by atoms with Gasteiger partial charge in [0.1, 0.15) is 10.4 Å². The van der Waals surface area contributed by atoms with E-state index < -0.39 is 0 Å². The van der Waals surface area contributed by atoms with Gasteiger partial charge >= 0.3 is 0 Å². The van der Waals surface area contributed by atoms with Crippen LogP contribution in [0, 0.1) is 18.3 Å². The first-order valence-electron chi connectivity index (χ1n) is 9.09. The van der Waals surface area contributed by atoms with Crippen LogP contribution in [0.25, 0.3) is 6.08 Å². The molecule has 1 amide bonds. The number of aromatic nitrogens is 1. The quantitative estimate of drug-likeness (QED) is 0.545. The number of morpholine rings is 1. The maximum absolute atomic E-state index is 12.8. The monoisotopic (exact) mass is 426 g/mol. The van der Waals surface area contributed by atoms with E-state index in [-0.39, 0.29) is 17.5 Å². The zero-order chi connectivity index (χ0) is 20.4. The molecule has 2 aromatic rings. The third-order valence-corrected chi connectivity index (χ3v) is 6.00. The summed E-state index contributed by atoms with van der Waals surface area (Å²) in [6.07, 6.45) is 1.55. The SMILES string of the molecule is Cc1ccc(CN2C(=O)/C(=C\c3nc(C#N)c(N4CCOCC4)o3)SC2=S)cc1. The zero-order valence-electron chi connectivity index (χ0n) is 15.8. The number of anilines is 1. The molecular formula is C20H18N4O3S2. The Balaban J connectivity index is 1.54. The number of carbonyl (C=O) groups excluding carboxylic acids is 1. The van der Waals surface area contributed by atoms with Gasteiger partial charge in [0.2, 0.25) is 17.5 Å². The summed E-state index contributed by atoms with van der Waals surface area (Å²) in [7, 11) is 0. The fourth-order valence-electron chi connectivity index (χ4n) is 3.07. The number of hydrogen-bond donors (Lipinski definition) is 0. The van der Waals surface area contributed by atoms with E-state index in [9.17, 15) is 10.1 Å². The molecule has 0 spiro atoms. The van der Waals surface area contributed by atoms with Gasteiger partial charge in [-0.2, -0.15) is 10.2 Å². The highest BCUT2D eigenvalue weighted by Gasteiger charge is 2.33. The van der Waals surface area contributed by atoms with Gasteiger partial charge in [0.05, 0.1) is 24.7 Å². The van der Waals surface area contributed by atoms with Gasteiger partial charge in [0.15, 0.2) is 0 Å². The molecule has 148 valence electrons. The van der Waals surface area contributed by atoms with Gasteiger partial charge in [-0.15, -0.1) is 0 Å². The largest absolute Gasteiger partial charge is 0.420 e. The van der Waals surface area contributed by atoms with Gasteiger partial charge in [-0.25, -0.2) is 0 Å². The highest BCUT2D eigenvalue weighted by atomic mass is 32.2. The van der Waals surface area contributed by atoms with Crippen LogP contribution in [0.5, 0.6) is 0 Å². The molecule has 29 heavy (non-hydrogen) atoms. The number of thiocarbonyl (C=S) groups is 1. The van der Waals surface area contributed by atoms with E-state index in [2.05, 4.69) is 11.1 Å². The molecule has 2 saturated heterocycles. The molecule has 7 nitrogen and oxygen atoms in total. The molecule has 0 saturated carbocycles. The molecule has 1 aromatic heterocycles. The summed E-state index contributed by atoms with van der Waals surface area (Å²) < 4.78 is 11.6. The standard InChI is InChI=1S/C20H18N4O3S2/c1-13-2-4-14(5-3-13)12-24-18(25)16(29-20(24)28)10-17-22-15(11-21)19(27-17)23-6-8-26-9-7-23/h2-5,10H,6-9,12H2,1H3/b16-10+. The number of oxazole rings is 1. The third-order valence-electron chi connectivity index (χ3n) is 4.62. The molecular weight excluding hydrogens is 408 g/mol. The van der Waals surface area contributed by atoms with Crippen molar-refractivity contribution in [3.05, 3.63) is 51.9 Å². The van der Waals surface area contributed by atoms with Crippen LogP contribution < -0.4 is 4.90 Å². The molecule has 4 rings (SSSR count). The molecule has 0 N–H and O–H groups in total. The maximum Gasteiger partial charge on any atom is 0.266 e. The Hall–Kier alpha value is -2.67. The lowest BCUT2D eigenvalue weighted by Gasteiger charge is -2.25. The van der Waals surface area contributed by atoms with Crippen molar-refractivity contribution in [1.82, 2.24) is 9.88 Å². The average molecular weight is 427 g/mol. The fraction of sp³-hybridized carbons (Fsp3) is 0.300. The number of carbonyl (C=O) groups is 1. The number of rotatable bonds is 4. The third kappa shape index (κ3) is 4.19. The minimum atomic E-state index is -0.190. The van der Waals surface area contributed by atoms with Crippen LogP contribution in [0.1, 0.15) is 22.7 Å². The Morgan fingerprint density at radius 2 is 2.03 bits per heavy atom. The molecule has 2 fully saturated rings. The van der Waals surface area contributed by atoms with E-state index in [1.54, 1.807) is 11.0 Å². The van der Waals surface area contributed by atoms with Crippen molar-refractivity contribution in [2.75, 3.05) is 31.2 Å². The van der Waals surface area contributed by atoms with Gasteiger partial charge in [-0.3, -0.25) is 9.69 Å². The molecule has 0 radical (unpaired) electrons. The summed E-state index contributed by atoms with van der Waals surface area (Å²) in [6.45, 7) is 4.82. The highest BCUT2D eigenvalue weighted by Crippen LogP contribution is 2.34. The van der Waals surface area contributed by atoms with Crippen LogP contribution in [0.15, 0.2) is 33.6 Å². The van der Waals surface area contributed by atoms with Gasteiger partial charge in [-0.05, 0) is 12.5 Å². The van der Waals surface area contributed by atoms with Crippen molar-refractivity contribution in [3.8, 4) is 6.07 Å². The molecule has 9 heteroatoms. The molecule has 2 aliphatic rings. The Bertz CT molecular complexity index is 1020. The molecule has 2 aliphatic heterocycles. The second-order valence-corrected chi connectivity index (χ2v) is 8.35. The number of nitrogens with zero attached hydrogens (tertiary/aromatic N) is 4. The van der Waals surface area contributed by atoms with E-state index in [0.717, 1.165) is 11.1 Å². The Kier molecular flexibility index (Phi) is 5.67. The normalized spacial score (nSPS) is 18.6. The second kappa shape index (κ2) is 8.37. The minimum Gasteiger partial charge on any atom is -0.420 e. The van der Waals surface area contributed by atoms with Crippen LogP contribution in [-0.4, -0.2) is 46.4 Å². The number of aryl methyl sites for hydroxylation is 1. The summed E-state index contributed by atoms with van der Waals surface area (Å²) in [5.41, 5.74) is 2.37. The molecule has 0 bridgehead atoms. The summed E-state index contributed by atoms with van der Waals surface area (Å²) in [4.78, 5) is 21.0. The second-order valence-electron chi connectivity index (χ2n) is 6.67. The van der Waals surface area contributed by atoms with E-state index in [4.69, 9.17) is 21.4 Å². The topological polar surface area (TPSA) is 82.6 Å². The number of benzene rings is 1. The van der Waals surface area contributed by atoms with Crippen molar-refractivity contribution >= 4 is 46.2 Å². The van der Waals surface area contributed by atoms with Crippen LogP contribution in [-0.2, 0) is 16.1 Å². The van der Waals surface area contributed by atoms with Crippen LogP contribution >= 0.6 is 24.0 Å². The number of amides is 1. The average Bonchev–Trinajstić information content (AvgIpc) is 3.26. The number of nitriles is 1. The van der Waals surface area contributed by atoms with Gasteiger partial charge in [-0.1, -0.05) is 53.8 Å². The lowest BCUT2D eigenvalue weighted by Crippen LogP contribution is -2.36. The lowest BCUT2D eigenvalue weighted by molar-refractivity contribution is -0.122. The van der Waals surface area contributed by atoms with Crippen molar-refractivity contribution in [2.24, 2.45) is 0 Å². The Labute approximate surface area is 177 Å². The molecule has 0 atom stereocenters. The van der Waals surface area contributed by atoms with Crippen molar-refractivity contribution < 1.29 is 13.9 Å². The molecule has 3 heterocycles. The Morgan fingerprint density at radius 1 is 1.31 bits per heavy atom. The maximum atomic E-state index is 12.8. The van der Waals surface area contributed by atoms with Crippen LogP contribution in [0.2, 0.25) is 0 Å². The smallest absolute Gasteiger partial charge is 0.266 e. The van der Waals surface area contributed by atoms with Gasteiger partial charge in [0.25, 0.3) is 5.91 Å². The predicted octanol–water partition coefficient (Wildman–Crippen LogP) is 3.09. The van der Waals surface area contributed by atoms with Crippen molar-refractivity contribution in [2.45, 2.75) is 13.5 Å². The predicted molar refractivity (Wildman–Crippen MR) is 114 cm³/mol. The van der Waals surface area contributed by atoms with E-state index in [1.807, 2.05) is 36.1 Å². The van der Waals surface area contributed by atoms with E-state index in [1.165, 1.54) is 11.8 Å². The Morgan fingerprint density at radius 3 is 2.72 bits per heavy atom. The van der Waals surface area contributed by atoms with Crippen LogP contribution in [0.4, 0.5) is 5.88 Å². The number of thioether (sulfide) groups is 1. The summed E-state index contributed by atoms with van der Waals surface area (Å²) >= 11 is 6.60. The fourth-order valence-corrected chi connectivity index (χ4v) is 4.29. The first-order valence-corrected chi connectivity index (χ1v) is 10.3. The molecule has 1 aromatic carbocycles.